The highest BCUT2D eigenvalue weighted by Gasteiger charge is 2.31. The van der Waals surface area contributed by atoms with Gasteiger partial charge in [0.15, 0.2) is 0 Å². The van der Waals surface area contributed by atoms with Crippen molar-refractivity contribution in [2.75, 3.05) is 42.2 Å². The van der Waals surface area contributed by atoms with Crippen LogP contribution in [0.5, 0.6) is 0 Å². The fourth-order valence-electron chi connectivity index (χ4n) is 5.22. The first-order valence-corrected chi connectivity index (χ1v) is 12.2. The molecule has 2 N–H and O–H groups in total. The van der Waals surface area contributed by atoms with E-state index in [1.165, 1.54) is 49.1 Å². The van der Waals surface area contributed by atoms with Gasteiger partial charge in [-0.3, -0.25) is 4.90 Å². The number of aromatic nitrogens is 3. The second-order valence-electron chi connectivity index (χ2n) is 9.17. The standard InChI is InChI=1S/C24H35F2N7/c1-3-32-14-8-11-19(32)16-33(18-9-6-4-5-7-10-18)24-29-22(27)28-23(30-24)31(2)21-13-12-17(25)15-20(21)26/h12-13,15,18-19H,3-11,14,16H2,1-2H3,(H2,27,28,29,30). The van der Waals surface area contributed by atoms with E-state index in [0.717, 1.165) is 45.0 Å². The summed E-state index contributed by atoms with van der Waals surface area (Å²) in [6.45, 7) is 5.20. The Morgan fingerprint density at radius 3 is 2.42 bits per heavy atom. The molecule has 1 saturated heterocycles. The zero-order valence-corrected chi connectivity index (χ0v) is 19.7. The number of likely N-dealkylation sites (tertiary alicyclic amines) is 1. The van der Waals surface area contributed by atoms with Gasteiger partial charge in [-0.1, -0.05) is 32.6 Å². The van der Waals surface area contributed by atoms with Crippen LogP contribution in [0.2, 0.25) is 0 Å². The van der Waals surface area contributed by atoms with Crippen molar-refractivity contribution in [2.24, 2.45) is 0 Å². The van der Waals surface area contributed by atoms with Gasteiger partial charge in [0.25, 0.3) is 0 Å². The van der Waals surface area contributed by atoms with Crippen LogP contribution in [0, 0.1) is 11.6 Å². The highest BCUT2D eigenvalue weighted by molar-refractivity contribution is 5.59. The molecule has 2 aromatic rings. The molecule has 4 rings (SSSR count). The van der Waals surface area contributed by atoms with Gasteiger partial charge in [-0.05, 0) is 50.9 Å². The van der Waals surface area contributed by atoms with E-state index in [-0.39, 0.29) is 17.6 Å². The average Bonchev–Trinajstić information content (AvgIpc) is 3.07. The van der Waals surface area contributed by atoms with Gasteiger partial charge in [0.1, 0.15) is 11.6 Å². The van der Waals surface area contributed by atoms with Crippen molar-refractivity contribution in [3.63, 3.8) is 0 Å². The van der Waals surface area contributed by atoms with Crippen LogP contribution in [-0.4, -0.2) is 58.6 Å². The quantitative estimate of drug-likeness (QED) is 0.611. The number of benzene rings is 1. The third kappa shape index (κ3) is 5.51. The minimum atomic E-state index is -0.678. The van der Waals surface area contributed by atoms with Crippen LogP contribution in [-0.2, 0) is 0 Å². The molecule has 0 radical (unpaired) electrons. The summed E-state index contributed by atoms with van der Waals surface area (Å²) in [5.41, 5.74) is 6.30. The summed E-state index contributed by atoms with van der Waals surface area (Å²) >= 11 is 0. The summed E-state index contributed by atoms with van der Waals surface area (Å²) in [5.74, 6) is -0.413. The Labute approximate surface area is 195 Å². The Morgan fingerprint density at radius 2 is 1.73 bits per heavy atom. The highest BCUT2D eigenvalue weighted by Crippen LogP contribution is 2.30. The monoisotopic (exact) mass is 459 g/mol. The van der Waals surface area contributed by atoms with E-state index in [9.17, 15) is 8.78 Å². The van der Waals surface area contributed by atoms with Crippen molar-refractivity contribution >= 4 is 23.5 Å². The normalized spacial score (nSPS) is 20.1. The molecule has 33 heavy (non-hydrogen) atoms. The van der Waals surface area contributed by atoms with Gasteiger partial charge in [-0.2, -0.15) is 15.0 Å². The zero-order chi connectivity index (χ0) is 23.4. The topological polar surface area (TPSA) is 74.4 Å². The number of hydrogen-bond donors (Lipinski definition) is 1. The molecule has 1 aliphatic carbocycles. The second kappa shape index (κ2) is 10.6. The molecule has 7 nitrogen and oxygen atoms in total. The fourth-order valence-corrected chi connectivity index (χ4v) is 5.22. The van der Waals surface area contributed by atoms with Crippen LogP contribution < -0.4 is 15.5 Å². The summed E-state index contributed by atoms with van der Waals surface area (Å²) in [7, 11) is 1.65. The van der Waals surface area contributed by atoms with Crippen LogP contribution in [0.4, 0.5) is 32.3 Å². The summed E-state index contributed by atoms with van der Waals surface area (Å²) in [6.07, 6.45) is 9.46. The van der Waals surface area contributed by atoms with Crippen molar-refractivity contribution in [3.05, 3.63) is 29.8 Å². The molecule has 1 aromatic heterocycles. The maximum absolute atomic E-state index is 14.4. The van der Waals surface area contributed by atoms with Crippen molar-refractivity contribution < 1.29 is 8.78 Å². The minimum absolute atomic E-state index is 0.0989. The van der Waals surface area contributed by atoms with Gasteiger partial charge >= 0.3 is 0 Å². The Kier molecular flexibility index (Phi) is 7.57. The number of halogens is 2. The highest BCUT2D eigenvalue weighted by atomic mass is 19.1. The molecule has 1 unspecified atom stereocenters. The maximum Gasteiger partial charge on any atom is 0.236 e. The molecule has 180 valence electrons. The SMILES string of the molecule is CCN1CCCC1CN(c1nc(N)nc(N(C)c2ccc(F)cc2F)n1)C1CCCCCC1. The third-order valence-corrected chi connectivity index (χ3v) is 7.04. The van der Waals surface area contributed by atoms with Gasteiger partial charge in [0.2, 0.25) is 17.8 Å². The number of rotatable bonds is 7. The predicted octanol–water partition coefficient (Wildman–Crippen LogP) is 4.51. The average molecular weight is 460 g/mol. The molecular weight excluding hydrogens is 424 g/mol. The Balaban J connectivity index is 1.67. The van der Waals surface area contributed by atoms with Crippen LogP contribution in [0.1, 0.15) is 58.3 Å². The van der Waals surface area contributed by atoms with E-state index in [1.54, 1.807) is 7.05 Å². The molecular formula is C24H35F2N7. The van der Waals surface area contributed by atoms with Gasteiger partial charge in [0.05, 0.1) is 5.69 Å². The maximum atomic E-state index is 14.4. The van der Waals surface area contributed by atoms with E-state index < -0.39 is 11.6 Å². The van der Waals surface area contributed by atoms with Gasteiger partial charge in [-0.15, -0.1) is 0 Å². The van der Waals surface area contributed by atoms with E-state index >= 15 is 0 Å². The molecule has 2 aliphatic rings. The fraction of sp³-hybridized carbons (Fsp3) is 0.625. The van der Waals surface area contributed by atoms with Gasteiger partial charge < -0.3 is 15.5 Å². The summed E-state index contributed by atoms with van der Waals surface area (Å²) in [4.78, 5) is 19.9. The molecule has 1 saturated carbocycles. The van der Waals surface area contributed by atoms with E-state index in [4.69, 9.17) is 10.7 Å². The first kappa shape index (κ1) is 23.6. The first-order chi connectivity index (χ1) is 16.0. The van der Waals surface area contributed by atoms with E-state index in [0.29, 0.717) is 18.0 Å². The lowest BCUT2D eigenvalue weighted by atomic mass is 10.1. The zero-order valence-electron chi connectivity index (χ0n) is 19.7. The van der Waals surface area contributed by atoms with Crippen molar-refractivity contribution in [1.82, 2.24) is 19.9 Å². The molecule has 1 atom stereocenters. The molecule has 0 bridgehead atoms. The van der Waals surface area contributed by atoms with Gasteiger partial charge in [0, 0.05) is 31.7 Å². The lowest BCUT2D eigenvalue weighted by molar-refractivity contribution is 0.262. The summed E-state index contributed by atoms with van der Waals surface area (Å²) in [6, 6.07) is 4.25. The molecule has 9 heteroatoms. The number of hydrogen-bond acceptors (Lipinski definition) is 7. The lowest BCUT2D eigenvalue weighted by Crippen LogP contribution is -2.46. The molecule has 1 aromatic carbocycles. The first-order valence-electron chi connectivity index (χ1n) is 12.2. The van der Waals surface area contributed by atoms with Crippen LogP contribution in [0.15, 0.2) is 18.2 Å². The Morgan fingerprint density at radius 1 is 1.00 bits per heavy atom. The molecule has 2 fully saturated rings. The van der Waals surface area contributed by atoms with Crippen molar-refractivity contribution in [3.8, 4) is 0 Å². The number of nitrogens with two attached hydrogens (primary N) is 1. The lowest BCUT2D eigenvalue weighted by Gasteiger charge is -2.36. The predicted molar refractivity (Wildman–Crippen MR) is 128 cm³/mol. The number of likely N-dealkylation sites (N-methyl/N-ethyl adjacent to an activating group) is 1. The largest absolute Gasteiger partial charge is 0.368 e. The van der Waals surface area contributed by atoms with E-state index in [1.807, 2.05) is 0 Å². The Bertz CT molecular complexity index is 933. The van der Waals surface area contributed by atoms with Crippen LogP contribution in [0.25, 0.3) is 0 Å². The Hall–Kier alpha value is -2.55. The number of nitrogens with zero attached hydrogens (tertiary/aromatic N) is 6. The summed E-state index contributed by atoms with van der Waals surface area (Å²) < 4.78 is 27.8. The number of anilines is 4. The molecule has 0 amide bonds. The molecule has 2 heterocycles. The van der Waals surface area contributed by atoms with E-state index in [2.05, 4.69) is 26.7 Å². The van der Waals surface area contributed by atoms with Gasteiger partial charge in [-0.25, -0.2) is 8.78 Å². The molecule has 1 aliphatic heterocycles. The van der Waals surface area contributed by atoms with Crippen LogP contribution >= 0.6 is 0 Å². The van der Waals surface area contributed by atoms with Crippen molar-refractivity contribution in [1.29, 1.82) is 0 Å². The second-order valence-corrected chi connectivity index (χ2v) is 9.17. The summed E-state index contributed by atoms with van der Waals surface area (Å²) in [5, 5.41) is 0. The third-order valence-electron chi connectivity index (χ3n) is 7.04. The van der Waals surface area contributed by atoms with Crippen molar-refractivity contribution in [2.45, 2.75) is 70.4 Å². The van der Waals surface area contributed by atoms with Crippen LogP contribution in [0.3, 0.4) is 0 Å². The number of nitrogen functional groups attached to an aromatic ring is 1. The molecule has 0 spiro atoms. The smallest absolute Gasteiger partial charge is 0.236 e. The minimum Gasteiger partial charge on any atom is -0.368 e.